The van der Waals surface area contributed by atoms with E-state index in [-0.39, 0.29) is 6.61 Å². The van der Waals surface area contributed by atoms with Crippen molar-refractivity contribution in [2.45, 2.75) is 20.8 Å². The van der Waals surface area contributed by atoms with Crippen LogP contribution in [0, 0.1) is 13.8 Å². The van der Waals surface area contributed by atoms with Crippen LogP contribution in [0.2, 0.25) is 0 Å². The van der Waals surface area contributed by atoms with E-state index < -0.39 is 11.9 Å². The molecule has 37 heavy (non-hydrogen) atoms. The molecule has 0 unspecified atom stereocenters. The number of hydrogen-bond donors (Lipinski definition) is 1. The molecule has 7 heteroatoms. The second-order valence-electron chi connectivity index (χ2n) is 8.37. The van der Waals surface area contributed by atoms with E-state index in [1.807, 2.05) is 69.3 Å². The molecule has 1 N–H and O–H groups in total. The number of hydrazone groups is 1. The third-order valence-corrected chi connectivity index (χ3v) is 5.77. The van der Waals surface area contributed by atoms with E-state index in [0.717, 1.165) is 21.9 Å². The second kappa shape index (κ2) is 11.9. The fourth-order valence-corrected chi connectivity index (χ4v) is 3.66. The van der Waals surface area contributed by atoms with Crippen LogP contribution in [-0.2, 0) is 4.79 Å². The summed E-state index contributed by atoms with van der Waals surface area (Å²) in [5.41, 5.74) is 5.65. The normalized spacial score (nSPS) is 10.9. The Labute approximate surface area is 215 Å². The first-order chi connectivity index (χ1) is 17.9. The van der Waals surface area contributed by atoms with Crippen LogP contribution in [0.4, 0.5) is 0 Å². The van der Waals surface area contributed by atoms with Crippen LogP contribution in [0.3, 0.4) is 0 Å². The van der Waals surface area contributed by atoms with Gasteiger partial charge >= 0.3 is 5.97 Å². The van der Waals surface area contributed by atoms with Crippen molar-refractivity contribution < 1.29 is 23.8 Å². The fraction of sp³-hybridized carbons (Fsp3) is 0.167. The first kappa shape index (κ1) is 25.4. The Morgan fingerprint density at radius 3 is 2.38 bits per heavy atom. The summed E-state index contributed by atoms with van der Waals surface area (Å²) in [6, 6.07) is 23.6. The van der Waals surface area contributed by atoms with Crippen LogP contribution in [0.25, 0.3) is 10.8 Å². The highest BCUT2D eigenvalue weighted by Crippen LogP contribution is 2.27. The fourth-order valence-electron chi connectivity index (χ4n) is 3.66. The van der Waals surface area contributed by atoms with Gasteiger partial charge in [-0.05, 0) is 85.1 Å². The van der Waals surface area contributed by atoms with Gasteiger partial charge in [0.05, 0.1) is 18.4 Å². The number of nitrogens with zero attached hydrogens (tertiary/aromatic N) is 1. The Balaban J connectivity index is 1.48. The average molecular weight is 497 g/mol. The molecule has 0 spiro atoms. The quantitative estimate of drug-likeness (QED) is 0.141. The van der Waals surface area contributed by atoms with Gasteiger partial charge in [-0.3, -0.25) is 4.79 Å². The highest BCUT2D eigenvalue weighted by molar-refractivity contribution is 6.04. The second-order valence-corrected chi connectivity index (χ2v) is 8.37. The molecule has 4 aromatic carbocycles. The maximum Gasteiger partial charge on any atom is 0.343 e. The molecule has 0 saturated heterocycles. The molecule has 0 aliphatic heterocycles. The van der Waals surface area contributed by atoms with Crippen LogP contribution in [0.15, 0.2) is 84.0 Å². The van der Waals surface area contributed by atoms with E-state index in [9.17, 15) is 9.59 Å². The van der Waals surface area contributed by atoms with Crippen LogP contribution < -0.4 is 19.6 Å². The molecule has 4 rings (SSSR count). The van der Waals surface area contributed by atoms with Crippen molar-refractivity contribution >= 4 is 28.9 Å². The molecule has 188 valence electrons. The lowest BCUT2D eigenvalue weighted by Gasteiger charge is -2.11. The summed E-state index contributed by atoms with van der Waals surface area (Å²) in [6.45, 7) is 6.24. The summed E-state index contributed by atoms with van der Waals surface area (Å²) in [5.74, 6) is 0.679. The van der Waals surface area contributed by atoms with Gasteiger partial charge in [-0.1, -0.05) is 36.4 Å². The molecule has 0 radical (unpaired) electrons. The highest BCUT2D eigenvalue weighted by atomic mass is 16.5. The highest BCUT2D eigenvalue weighted by Gasteiger charge is 2.14. The standard InChI is InChI=1S/C30H28N2O5/c1-4-35-24-14-10-23(11-15-24)30(34)37-28-16-12-22-7-5-6-8-26(22)27(28)18-31-32-29(33)19-36-25-13-9-20(2)21(3)17-25/h5-18H,4,19H2,1-3H3,(H,32,33). The molecule has 0 bridgehead atoms. The first-order valence-electron chi connectivity index (χ1n) is 11.9. The van der Waals surface area contributed by atoms with E-state index in [1.54, 1.807) is 30.3 Å². The third-order valence-electron chi connectivity index (χ3n) is 5.77. The lowest BCUT2D eigenvalue weighted by Crippen LogP contribution is -2.24. The topological polar surface area (TPSA) is 86.2 Å². The van der Waals surface area contributed by atoms with Gasteiger partial charge in [0.1, 0.15) is 17.2 Å². The molecular weight excluding hydrogens is 468 g/mol. The van der Waals surface area contributed by atoms with Crippen molar-refractivity contribution in [3.8, 4) is 17.2 Å². The zero-order chi connectivity index (χ0) is 26.2. The number of carbonyl (C=O) groups excluding carboxylic acids is 2. The largest absolute Gasteiger partial charge is 0.494 e. The summed E-state index contributed by atoms with van der Waals surface area (Å²) in [6.07, 6.45) is 1.47. The molecule has 0 aliphatic rings. The minimum absolute atomic E-state index is 0.186. The average Bonchev–Trinajstić information content (AvgIpc) is 2.91. The minimum atomic E-state index is -0.515. The zero-order valence-corrected chi connectivity index (χ0v) is 21.0. The number of rotatable bonds is 9. The monoisotopic (exact) mass is 496 g/mol. The summed E-state index contributed by atoms with van der Waals surface area (Å²) in [4.78, 5) is 25.1. The summed E-state index contributed by atoms with van der Waals surface area (Å²) < 4.78 is 16.7. The zero-order valence-electron chi connectivity index (χ0n) is 21.0. The van der Waals surface area contributed by atoms with E-state index in [4.69, 9.17) is 14.2 Å². The summed E-state index contributed by atoms with van der Waals surface area (Å²) >= 11 is 0. The molecular formula is C30H28N2O5. The van der Waals surface area contributed by atoms with E-state index in [1.165, 1.54) is 6.21 Å². The summed E-state index contributed by atoms with van der Waals surface area (Å²) in [7, 11) is 0. The van der Waals surface area contributed by atoms with E-state index in [2.05, 4.69) is 10.5 Å². The lowest BCUT2D eigenvalue weighted by atomic mass is 10.0. The lowest BCUT2D eigenvalue weighted by molar-refractivity contribution is -0.123. The van der Waals surface area contributed by atoms with Crippen LogP contribution >= 0.6 is 0 Å². The number of hydrogen-bond acceptors (Lipinski definition) is 6. The number of ether oxygens (including phenoxy) is 3. The smallest absolute Gasteiger partial charge is 0.343 e. The number of carbonyl (C=O) groups is 2. The number of esters is 1. The van der Waals surface area contributed by atoms with Gasteiger partial charge in [-0.25, -0.2) is 10.2 Å². The molecule has 0 aliphatic carbocycles. The molecule has 7 nitrogen and oxygen atoms in total. The van der Waals surface area contributed by atoms with Crippen LogP contribution in [0.5, 0.6) is 17.2 Å². The Hall–Kier alpha value is -4.65. The SMILES string of the molecule is CCOc1ccc(C(=O)Oc2ccc3ccccc3c2C=NNC(=O)COc2ccc(C)c(C)c2)cc1. The van der Waals surface area contributed by atoms with Gasteiger partial charge < -0.3 is 14.2 Å². The van der Waals surface area contributed by atoms with Gasteiger partial charge in [-0.15, -0.1) is 0 Å². The first-order valence-corrected chi connectivity index (χ1v) is 11.9. The predicted molar refractivity (Wildman–Crippen MR) is 144 cm³/mol. The van der Waals surface area contributed by atoms with Gasteiger partial charge in [0.15, 0.2) is 6.61 Å². The van der Waals surface area contributed by atoms with Crippen molar-refractivity contribution in [3.05, 3.63) is 101 Å². The van der Waals surface area contributed by atoms with Crippen molar-refractivity contribution in [2.24, 2.45) is 5.10 Å². The van der Waals surface area contributed by atoms with Crippen LogP contribution in [-0.4, -0.2) is 31.3 Å². The van der Waals surface area contributed by atoms with Crippen molar-refractivity contribution in [3.63, 3.8) is 0 Å². The molecule has 1 amide bonds. The number of aryl methyl sites for hydroxylation is 2. The Morgan fingerprint density at radius 1 is 0.865 bits per heavy atom. The van der Waals surface area contributed by atoms with Crippen molar-refractivity contribution in [2.75, 3.05) is 13.2 Å². The van der Waals surface area contributed by atoms with Crippen molar-refractivity contribution in [1.82, 2.24) is 5.43 Å². The molecule has 0 fully saturated rings. The van der Waals surface area contributed by atoms with E-state index >= 15 is 0 Å². The van der Waals surface area contributed by atoms with Gasteiger partial charge in [0, 0.05) is 5.56 Å². The molecule has 0 heterocycles. The maximum atomic E-state index is 12.8. The Bertz CT molecular complexity index is 1440. The number of benzene rings is 4. The predicted octanol–water partition coefficient (Wildman–Crippen LogP) is 5.60. The molecule has 0 saturated carbocycles. The minimum Gasteiger partial charge on any atom is -0.494 e. The van der Waals surface area contributed by atoms with E-state index in [0.29, 0.717) is 35.0 Å². The third kappa shape index (κ3) is 6.52. The number of amides is 1. The number of fused-ring (bicyclic) bond motifs is 1. The van der Waals surface area contributed by atoms with Crippen molar-refractivity contribution in [1.29, 1.82) is 0 Å². The van der Waals surface area contributed by atoms with Gasteiger partial charge in [-0.2, -0.15) is 5.10 Å². The molecule has 0 atom stereocenters. The Morgan fingerprint density at radius 2 is 1.62 bits per heavy atom. The van der Waals surface area contributed by atoms with Crippen LogP contribution in [0.1, 0.15) is 34.0 Å². The Kier molecular flexibility index (Phi) is 8.15. The summed E-state index contributed by atoms with van der Waals surface area (Å²) in [5, 5.41) is 5.86. The maximum absolute atomic E-state index is 12.8. The van der Waals surface area contributed by atoms with Gasteiger partial charge in [0.2, 0.25) is 0 Å². The molecule has 0 aromatic heterocycles. The number of nitrogens with one attached hydrogen (secondary N) is 1. The van der Waals surface area contributed by atoms with Gasteiger partial charge in [0.25, 0.3) is 5.91 Å². The molecule has 4 aromatic rings.